The average molecular weight is 371 g/mol. The molecule has 0 amide bonds. The number of nitrogens with zero attached hydrogens (tertiary/aromatic N) is 2. The van der Waals surface area contributed by atoms with Crippen LogP contribution in [0, 0.1) is 0 Å². The van der Waals surface area contributed by atoms with E-state index in [-0.39, 0.29) is 19.5 Å². The summed E-state index contributed by atoms with van der Waals surface area (Å²) < 4.78 is 0. The van der Waals surface area contributed by atoms with Gasteiger partial charge in [-0.1, -0.05) is 79.7 Å². The van der Waals surface area contributed by atoms with E-state index < -0.39 is 0 Å². The molecular formula is C21H27ClN4. The summed E-state index contributed by atoms with van der Waals surface area (Å²) in [7, 11) is 0. The predicted molar refractivity (Wildman–Crippen MR) is 111 cm³/mol. The summed E-state index contributed by atoms with van der Waals surface area (Å²) in [5.41, 5.74) is 8.00. The molecular weight excluding hydrogens is 344 g/mol. The number of hydrogen-bond acceptors (Lipinski definition) is 4. The van der Waals surface area contributed by atoms with Crippen LogP contribution >= 0.6 is 11.6 Å². The van der Waals surface area contributed by atoms with Gasteiger partial charge in [0.1, 0.15) is 11.0 Å². The molecule has 1 heterocycles. The van der Waals surface area contributed by atoms with Crippen molar-refractivity contribution in [3.8, 4) is 0 Å². The molecule has 4 nitrogen and oxygen atoms in total. The van der Waals surface area contributed by atoms with Crippen molar-refractivity contribution >= 4 is 17.4 Å². The molecule has 1 aromatic heterocycles. The zero-order chi connectivity index (χ0) is 18.1. The van der Waals surface area contributed by atoms with Crippen LogP contribution in [0.3, 0.4) is 0 Å². The van der Waals surface area contributed by atoms with Crippen molar-refractivity contribution in [1.82, 2.24) is 9.97 Å². The van der Waals surface area contributed by atoms with E-state index in [2.05, 4.69) is 34.3 Å². The number of anilines is 1. The van der Waals surface area contributed by atoms with Crippen LogP contribution < -0.4 is 11.1 Å². The molecule has 0 aliphatic rings. The minimum Gasteiger partial charge on any atom is -0.362 e. The molecule has 138 valence electrons. The standard InChI is InChI=1S/C12H12ClN3.C8H11N.CH4/c1-9(10-5-3-2-4-6-10)15-12-8-14-7-11(13)16-12;1-7(9)8-5-3-2-4-6-8;/h2-9H,1H3,(H,15,16);2-7H,9H2,1H3;1H4. The molecule has 0 fully saturated rings. The predicted octanol–water partition coefficient (Wildman–Crippen LogP) is 5.65. The summed E-state index contributed by atoms with van der Waals surface area (Å²) in [4.78, 5) is 8.10. The molecule has 2 aromatic carbocycles. The first-order chi connectivity index (χ1) is 12.1. The molecule has 5 heteroatoms. The molecule has 0 spiro atoms. The van der Waals surface area contributed by atoms with Gasteiger partial charge in [-0.05, 0) is 25.0 Å². The van der Waals surface area contributed by atoms with Crippen molar-refractivity contribution in [2.75, 3.05) is 5.32 Å². The first-order valence-corrected chi connectivity index (χ1v) is 8.53. The Morgan fingerprint density at radius 1 is 0.885 bits per heavy atom. The summed E-state index contributed by atoms with van der Waals surface area (Å²) in [6.45, 7) is 4.05. The maximum absolute atomic E-state index is 5.76. The molecule has 3 rings (SSSR count). The zero-order valence-corrected chi connectivity index (χ0v) is 15.2. The average Bonchev–Trinajstić information content (AvgIpc) is 2.64. The first-order valence-electron chi connectivity index (χ1n) is 8.16. The van der Waals surface area contributed by atoms with E-state index in [1.807, 2.05) is 55.5 Å². The number of aromatic nitrogens is 2. The van der Waals surface area contributed by atoms with Gasteiger partial charge in [0.05, 0.1) is 12.4 Å². The Morgan fingerprint density at radius 3 is 1.88 bits per heavy atom. The van der Waals surface area contributed by atoms with Crippen LogP contribution in [0.2, 0.25) is 5.15 Å². The second kappa shape index (κ2) is 11.2. The number of nitrogens with two attached hydrogens (primary N) is 1. The van der Waals surface area contributed by atoms with Crippen molar-refractivity contribution in [2.24, 2.45) is 5.73 Å². The van der Waals surface area contributed by atoms with Gasteiger partial charge >= 0.3 is 0 Å². The van der Waals surface area contributed by atoms with E-state index in [0.717, 1.165) is 0 Å². The van der Waals surface area contributed by atoms with Crippen LogP contribution in [-0.4, -0.2) is 9.97 Å². The number of benzene rings is 2. The van der Waals surface area contributed by atoms with Crippen LogP contribution in [0.1, 0.15) is 44.5 Å². The number of hydrogen-bond donors (Lipinski definition) is 2. The maximum Gasteiger partial charge on any atom is 0.149 e. The van der Waals surface area contributed by atoms with Crippen molar-refractivity contribution in [3.05, 3.63) is 89.3 Å². The fourth-order valence-corrected chi connectivity index (χ4v) is 2.36. The number of rotatable bonds is 4. The highest BCUT2D eigenvalue weighted by molar-refractivity contribution is 6.29. The third kappa shape index (κ3) is 7.21. The van der Waals surface area contributed by atoms with Crippen LogP contribution in [0.25, 0.3) is 0 Å². The molecule has 0 radical (unpaired) electrons. The van der Waals surface area contributed by atoms with E-state index in [9.17, 15) is 0 Å². The molecule has 0 saturated carbocycles. The lowest BCUT2D eigenvalue weighted by molar-refractivity contribution is 0.818. The fourth-order valence-electron chi connectivity index (χ4n) is 2.22. The van der Waals surface area contributed by atoms with Gasteiger partial charge in [0, 0.05) is 12.1 Å². The lowest BCUT2D eigenvalue weighted by atomic mass is 10.1. The van der Waals surface area contributed by atoms with Crippen LogP contribution in [0.15, 0.2) is 73.1 Å². The quantitative estimate of drug-likeness (QED) is 0.623. The molecule has 0 bridgehead atoms. The van der Waals surface area contributed by atoms with Crippen LogP contribution in [0.4, 0.5) is 5.82 Å². The highest BCUT2D eigenvalue weighted by Crippen LogP contribution is 2.17. The maximum atomic E-state index is 5.76. The van der Waals surface area contributed by atoms with Crippen molar-refractivity contribution in [2.45, 2.75) is 33.4 Å². The topological polar surface area (TPSA) is 63.8 Å². The van der Waals surface area contributed by atoms with E-state index in [1.54, 1.807) is 6.20 Å². The van der Waals surface area contributed by atoms with Gasteiger partial charge in [0.15, 0.2) is 0 Å². The van der Waals surface area contributed by atoms with E-state index in [1.165, 1.54) is 17.3 Å². The van der Waals surface area contributed by atoms with E-state index in [4.69, 9.17) is 17.3 Å². The highest BCUT2D eigenvalue weighted by Gasteiger charge is 2.05. The minimum atomic E-state index is 0. The van der Waals surface area contributed by atoms with Gasteiger partial charge < -0.3 is 11.1 Å². The molecule has 0 aliphatic heterocycles. The van der Waals surface area contributed by atoms with Gasteiger partial charge in [-0.2, -0.15) is 0 Å². The van der Waals surface area contributed by atoms with Crippen molar-refractivity contribution < 1.29 is 0 Å². The Bertz CT molecular complexity index is 748. The SMILES string of the molecule is C.CC(N)c1ccccc1.CC(Nc1cncc(Cl)n1)c1ccccc1. The first kappa shape index (κ1) is 21.6. The largest absolute Gasteiger partial charge is 0.362 e. The lowest BCUT2D eigenvalue weighted by Gasteiger charge is -2.14. The second-order valence-electron chi connectivity index (χ2n) is 5.70. The van der Waals surface area contributed by atoms with E-state index >= 15 is 0 Å². The van der Waals surface area contributed by atoms with Crippen molar-refractivity contribution in [1.29, 1.82) is 0 Å². The molecule has 0 aliphatic carbocycles. The smallest absolute Gasteiger partial charge is 0.149 e. The molecule has 3 aromatic rings. The number of nitrogens with one attached hydrogen (secondary N) is 1. The van der Waals surface area contributed by atoms with Gasteiger partial charge in [0.25, 0.3) is 0 Å². The Labute approximate surface area is 161 Å². The highest BCUT2D eigenvalue weighted by atomic mass is 35.5. The summed E-state index contributed by atoms with van der Waals surface area (Å²) >= 11 is 5.76. The van der Waals surface area contributed by atoms with Gasteiger partial charge in [-0.15, -0.1) is 0 Å². The Morgan fingerprint density at radius 2 is 1.42 bits per heavy atom. The Kier molecular flexibility index (Phi) is 9.34. The molecule has 3 N–H and O–H groups in total. The zero-order valence-electron chi connectivity index (χ0n) is 14.4. The summed E-state index contributed by atoms with van der Waals surface area (Å²) in [5, 5.41) is 3.63. The number of halogens is 1. The Balaban J connectivity index is 0.000000290. The van der Waals surface area contributed by atoms with Gasteiger partial charge in [-0.25, -0.2) is 4.98 Å². The summed E-state index contributed by atoms with van der Waals surface area (Å²) in [6, 6.07) is 20.5. The molecule has 2 atom stereocenters. The molecule has 26 heavy (non-hydrogen) atoms. The summed E-state index contributed by atoms with van der Waals surface area (Å²) in [6.07, 6.45) is 3.17. The van der Waals surface area contributed by atoms with Crippen LogP contribution in [-0.2, 0) is 0 Å². The van der Waals surface area contributed by atoms with E-state index in [0.29, 0.717) is 11.0 Å². The van der Waals surface area contributed by atoms with Gasteiger partial charge in [-0.3, -0.25) is 4.98 Å². The van der Waals surface area contributed by atoms with Crippen molar-refractivity contribution in [3.63, 3.8) is 0 Å². The monoisotopic (exact) mass is 370 g/mol. The van der Waals surface area contributed by atoms with Crippen LogP contribution in [0.5, 0.6) is 0 Å². The lowest BCUT2D eigenvalue weighted by Crippen LogP contribution is -2.07. The molecule has 2 unspecified atom stereocenters. The normalized spacial score (nSPS) is 12.0. The third-order valence-electron chi connectivity index (χ3n) is 3.59. The second-order valence-corrected chi connectivity index (χ2v) is 6.09. The third-order valence-corrected chi connectivity index (χ3v) is 3.78. The summed E-state index contributed by atoms with van der Waals surface area (Å²) in [5.74, 6) is 0.684. The minimum absolute atomic E-state index is 0. The fraction of sp³-hybridized carbons (Fsp3) is 0.238. The molecule has 0 saturated heterocycles. The van der Waals surface area contributed by atoms with Gasteiger partial charge in [0.2, 0.25) is 0 Å². The Hall–Kier alpha value is -2.43.